The van der Waals surface area contributed by atoms with E-state index < -0.39 is 18.2 Å². The average molecular weight is 588 g/mol. The molecule has 0 saturated carbocycles. The molecule has 0 saturated heterocycles. The lowest BCUT2D eigenvalue weighted by Crippen LogP contribution is -2.56. The molecule has 1 aromatic carbocycles. The smallest absolute Gasteiger partial charge is 0.247 e. The van der Waals surface area contributed by atoms with Crippen molar-refractivity contribution in [3.63, 3.8) is 0 Å². The van der Waals surface area contributed by atoms with Crippen LogP contribution in [0.1, 0.15) is 40.5 Å². The molecule has 8 nitrogen and oxygen atoms in total. The summed E-state index contributed by atoms with van der Waals surface area (Å²) in [6.07, 6.45) is 0.658. The first kappa shape index (κ1) is 28.5. The van der Waals surface area contributed by atoms with E-state index in [9.17, 15) is 14.7 Å². The van der Waals surface area contributed by atoms with Gasteiger partial charge in [-0.15, -0.1) is 0 Å². The van der Waals surface area contributed by atoms with E-state index in [2.05, 4.69) is 27.9 Å². The van der Waals surface area contributed by atoms with Crippen molar-refractivity contribution >= 4 is 34.4 Å². The molecule has 0 radical (unpaired) electrons. The molecule has 0 fully saturated rings. The van der Waals surface area contributed by atoms with Crippen LogP contribution in [0.15, 0.2) is 35.9 Å². The molecular weight excluding hydrogens is 551 g/mol. The fraction of sp³-hybridized carbons (Fsp3) is 0.600. The maximum atomic E-state index is 13.2. The SMILES string of the molecule is CC(C)OCCCN(C(=O)C(C)C)[C@@H]1CC(C(=O)NCCO)=C[C@H](Oc2ccccc2I)[C@H]1O. The second kappa shape index (κ2) is 14.0. The second-order valence-electron chi connectivity index (χ2n) is 8.91. The van der Waals surface area contributed by atoms with Crippen molar-refractivity contribution in [1.29, 1.82) is 0 Å². The number of aliphatic hydroxyl groups is 2. The first-order valence-electron chi connectivity index (χ1n) is 11.8. The van der Waals surface area contributed by atoms with E-state index in [1.165, 1.54) is 0 Å². The van der Waals surface area contributed by atoms with Gasteiger partial charge in [0.2, 0.25) is 11.8 Å². The Hall–Kier alpha value is -1.69. The predicted octanol–water partition coefficient (Wildman–Crippen LogP) is 2.51. The van der Waals surface area contributed by atoms with Gasteiger partial charge in [-0.05, 0) is 61.1 Å². The zero-order chi connectivity index (χ0) is 25.3. The normalized spacial score (nSPS) is 20.3. The number of ether oxygens (including phenoxy) is 2. The monoisotopic (exact) mass is 588 g/mol. The number of carbonyl (C=O) groups excluding carboxylic acids is 2. The van der Waals surface area contributed by atoms with Gasteiger partial charge < -0.3 is 29.9 Å². The number of para-hydroxylation sites is 1. The summed E-state index contributed by atoms with van der Waals surface area (Å²) in [5.41, 5.74) is 0.416. The highest BCUT2D eigenvalue weighted by Gasteiger charge is 2.40. The Morgan fingerprint density at radius 3 is 2.56 bits per heavy atom. The number of nitrogens with zero attached hydrogens (tertiary/aromatic N) is 1. The molecule has 0 spiro atoms. The molecule has 0 aliphatic heterocycles. The van der Waals surface area contributed by atoms with E-state index in [4.69, 9.17) is 14.6 Å². The molecule has 3 atom stereocenters. The zero-order valence-corrected chi connectivity index (χ0v) is 22.5. The molecule has 9 heteroatoms. The second-order valence-corrected chi connectivity index (χ2v) is 10.1. The maximum Gasteiger partial charge on any atom is 0.247 e. The van der Waals surface area contributed by atoms with Crippen LogP contribution in [-0.2, 0) is 14.3 Å². The summed E-state index contributed by atoms with van der Waals surface area (Å²) in [5.74, 6) is -0.127. The van der Waals surface area contributed by atoms with E-state index in [-0.39, 0.29) is 43.4 Å². The third kappa shape index (κ3) is 8.21. The van der Waals surface area contributed by atoms with Gasteiger partial charge in [0, 0.05) is 37.6 Å². The number of nitrogens with one attached hydrogen (secondary N) is 1. The number of amides is 2. The van der Waals surface area contributed by atoms with Gasteiger partial charge >= 0.3 is 0 Å². The first-order valence-corrected chi connectivity index (χ1v) is 12.8. The molecular formula is C25H37IN2O6. The van der Waals surface area contributed by atoms with Crippen molar-refractivity contribution < 1.29 is 29.3 Å². The lowest BCUT2D eigenvalue weighted by Gasteiger charge is -2.41. The highest BCUT2D eigenvalue weighted by Crippen LogP contribution is 2.30. The van der Waals surface area contributed by atoms with Crippen LogP contribution in [0.5, 0.6) is 5.75 Å². The van der Waals surface area contributed by atoms with Gasteiger partial charge in [-0.2, -0.15) is 0 Å². The van der Waals surface area contributed by atoms with Crippen molar-refractivity contribution in [1.82, 2.24) is 10.2 Å². The van der Waals surface area contributed by atoms with E-state index in [1.54, 1.807) is 17.0 Å². The molecule has 34 heavy (non-hydrogen) atoms. The number of hydrogen-bond donors (Lipinski definition) is 3. The standard InChI is InChI=1S/C25H37IN2O6/c1-16(2)25(32)28(11-7-13-33-17(3)4)20-14-18(24(31)27-10-12-29)15-22(23(20)30)34-21-9-6-5-8-19(21)26/h5-6,8-9,15-17,20,22-23,29-30H,7,10-14H2,1-4H3,(H,27,31)/t20-,22+,23+/m1/s1. The van der Waals surface area contributed by atoms with Crippen molar-refractivity contribution in [2.24, 2.45) is 5.92 Å². The molecule has 1 aromatic rings. The molecule has 1 aliphatic rings. The van der Waals surface area contributed by atoms with E-state index in [1.807, 2.05) is 45.9 Å². The van der Waals surface area contributed by atoms with Crippen molar-refractivity contribution in [3.05, 3.63) is 39.5 Å². The Kier molecular flexibility index (Phi) is 11.8. The lowest BCUT2D eigenvalue weighted by molar-refractivity contribution is -0.142. The molecule has 1 aliphatic carbocycles. The minimum atomic E-state index is -1.03. The van der Waals surface area contributed by atoms with E-state index >= 15 is 0 Å². The summed E-state index contributed by atoms with van der Waals surface area (Å²) >= 11 is 2.15. The Balaban J connectivity index is 2.34. The van der Waals surface area contributed by atoms with Crippen LogP contribution in [0.25, 0.3) is 0 Å². The summed E-state index contributed by atoms with van der Waals surface area (Å²) in [5, 5.41) is 23.1. The summed E-state index contributed by atoms with van der Waals surface area (Å²) < 4.78 is 12.6. The Bertz CT molecular complexity index is 844. The molecule has 3 N–H and O–H groups in total. The number of rotatable bonds is 12. The van der Waals surface area contributed by atoms with Crippen LogP contribution in [0.3, 0.4) is 0 Å². The third-order valence-electron chi connectivity index (χ3n) is 5.49. The van der Waals surface area contributed by atoms with Crippen molar-refractivity contribution in [3.8, 4) is 5.75 Å². The zero-order valence-electron chi connectivity index (χ0n) is 20.4. The fourth-order valence-electron chi connectivity index (χ4n) is 3.79. The van der Waals surface area contributed by atoms with Crippen LogP contribution in [-0.4, -0.2) is 77.6 Å². The number of halogens is 1. The van der Waals surface area contributed by atoms with Crippen LogP contribution >= 0.6 is 22.6 Å². The van der Waals surface area contributed by atoms with Gasteiger partial charge in [0.05, 0.1) is 22.3 Å². The van der Waals surface area contributed by atoms with Gasteiger partial charge in [0.15, 0.2) is 0 Å². The molecule has 0 bridgehead atoms. The van der Waals surface area contributed by atoms with Gasteiger partial charge in [-0.25, -0.2) is 0 Å². The number of carbonyl (C=O) groups is 2. The largest absolute Gasteiger partial charge is 0.482 e. The Morgan fingerprint density at radius 2 is 1.94 bits per heavy atom. The average Bonchev–Trinajstić information content (AvgIpc) is 2.80. The summed E-state index contributed by atoms with van der Waals surface area (Å²) in [6, 6.07) is 6.79. The minimum absolute atomic E-state index is 0.0883. The molecule has 2 amide bonds. The molecule has 2 rings (SSSR count). The fourth-order valence-corrected chi connectivity index (χ4v) is 4.31. The summed E-state index contributed by atoms with van der Waals surface area (Å²) in [7, 11) is 0. The topological polar surface area (TPSA) is 108 Å². The highest BCUT2D eigenvalue weighted by atomic mass is 127. The van der Waals surface area contributed by atoms with Gasteiger partial charge in [0.1, 0.15) is 18.0 Å². The third-order valence-corrected chi connectivity index (χ3v) is 6.38. The van der Waals surface area contributed by atoms with E-state index in [0.29, 0.717) is 30.9 Å². The van der Waals surface area contributed by atoms with Gasteiger partial charge in [0.25, 0.3) is 0 Å². The van der Waals surface area contributed by atoms with Gasteiger partial charge in [-0.1, -0.05) is 26.0 Å². The van der Waals surface area contributed by atoms with Crippen molar-refractivity contribution in [2.75, 3.05) is 26.3 Å². The van der Waals surface area contributed by atoms with E-state index in [0.717, 1.165) is 3.57 Å². The first-order chi connectivity index (χ1) is 16.1. The van der Waals surface area contributed by atoms with Crippen LogP contribution in [0, 0.1) is 9.49 Å². The minimum Gasteiger partial charge on any atom is -0.482 e. The summed E-state index contributed by atoms with van der Waals surface area (Å²) in [6.45, 7) is 8.37. The summed E-state index contributed by atoms with van der Waals surface area (Å²) in [4.78, 5) is 27.6. The Labute approximate surface area is 215 Å². The number of hydrogen-bond acceptors (Lipinski definition) is 6. The van der Waals surface area contributed by atoms with Crippen LogP contribution in [0.4, 0.5) is 0 Å². The number of benzene rings is 1. The molecule has 0 unspecified atom stereocenters. The lowest BCUT2D eigenvalue weighted by atomic mass is 9.87. The van der Waals surface area contributed by atoms with Gasteiger partial charge in [-0.3, -0.25) is 9.59 Å². The van der Waals surface area contributed by atoms with Crippen LogP contribution in [0.2, 0.25) is 0 Å². The van der Waals surface area contributed by atoms with Crippen molar-refractivity contribution in [2.45, 2.75) is 64.9 Å². The molecule has 190 valence electrons. The molecule has 0 aromatic heterocycles. The molecule has 0 heterocycles. The number of aliphatic hydroxyl groups excluding tert-OH is 2. The van der Waals surface area contributed by atoms with Crippen LogP contribution < -0.4 is 10.1 Å². The maximum absolute atomic E-state index is 13.2. The highest BCUT2D eigenvalue weighted by molar-refractivity contribution is 14.1. The predicted molar refractivity (Wildman–Crippen MR) is 138 cm³/mol. The Morgan fingerprint density at radius 1 is 1.24 bits per heavy atom. The quantitative estimate of drug-likeness (QED) is 0.256.